The first-order valence-corrected chi connectivity index (χ1v) is 19.5. The highest BCUT2D eigenvalue weighted by Gasteiger charge is 2.48. The van der Waals surface area contributed by atoms with Crippen LogP contribution in [0.1, 0.15) is 49.3 Å². The molecular formula is C45H39ClFN7O2. The molecule has 56 heavy (non-hydrogen) atoms. The van der Waals surface area contributed by atoms with Gasteiger partial charge in [0, 0.05) is 18.4 Å². The lowest BCUT2D eigenvalue weighted by atomic mass is 9.61. The number of hydrogen-bond donors (Lipinski definition) is 1. The minimum atomic E-state index is -0.956. The number of nitrogens with zero attached hydrogens (tertiary/aromatic N) is 6. The van der Waals surface area contributed by atoms with Gasteiger partial charge in [0.05, 0.1) is 30.0 Å². The first kappa shape index (κ1) is 35.7. The number of nitrogens with one attached hydrogen (secondary N) is 1. The van der Waals surface area contributed by atoms with Crippen molar-refractivity contribution in [1.82, 2.24) is 29.5 Å². The Balaban J connectivity index is 1.30. The van der Waals surface area contributed by atoms with Crippen molar-refractivity contribution in [3.63, 3.8) is 0 Å². The fraction of sp³-hybridized carbons (Fsp3) is 0.244. The van der Waals surface area contributed by atoms with Crippen molar-refractivity contribution < 1.29 is 13.9 Å². The lowest BCUT2D eigenvalue weighted by molar-refractivity contribution is -0.154. The number of hydrogen-bond acceptors (Lipinski definition) is 8. The van der Waals surface area contributed by atoms with Crippen molar-refractivity contribution in [2.75, 3.05) is 11.9 Å². The van der Waals surface area contributed by atoms with Gasteiger partial charge in [0.1, 0.15) is 21.9 Å². The third kappa shape index (κ3) is 6.09. The van der Waals surface area contributed by atoms with E-state index in [-0.39, 0.29) is 52.9 Å². The molecule has 11 heteroatoms. The molecule has 0 aliphatic heterocycles. The number of fused-ring (bicyclic) bond motifs is 4. The SMILES string of the molecule is CCOC(=O)[C@@H]1C2CCC(CC2)[C@H]1Nc1nc(-c2cn(C(c3ccccc3)(c3ccccc3)c3ccccc3)c3ncc(Cl)nc23)nc(-c2ccccn2)c1F. The van der Waals surface area contributed by atoms with E-state index in [0.717, 1.165) is 42.4 Å². The summed E-state index contributed by atoms with van der Waals surface area (Å²) in [4.78, 5) is 37.5. The summed E-state index contributed by atoms with van der Waals surface area (Å²) in [5.41, 5.74) is 3.79. The number of esters is 1. The van der Waals surface area contributed by atoms with Crippen LogP contribution in [0.4, 0.5) is 10.2 Å². The molecule has 0 spiro atoms. The van der Waals surface area contributed by atoms with Crippen molar-refractivity contribution in [3.8, 4) is 22.8 Å². The number of carbonyl (C=O) groups is 1. The van der Waals surface area contributed by atoms with E-state index in [1.54, 1.807) is 24.4 Å². The van der Waals surface area contributed by atoms with Gasteiger partial charge in [-0.25, -0.2) is 24.3 Å². The normalized spacial score (nSPS) is 19.2. The molecule has 7 aromatic rings. The van der Waals surface area contributed by atoms with Crippen LogP contribution in [0.25, 0.3) is 33.9 Å². The van der Waals surface area contributed by atoms with Crippen molar-refractivity contribution >= 4 is 34.6 Å². The molecule has 3 saturated carbocycles. The van der Waals surface area contributed by atoms with Gasteiger partial charge < -0.3 is 14.6 Å². The quantitative estimate of drug-likeness (QED) is 0.109. The summed E-state index contributed by atoms with van der Waals surface area (Å²) in [7, 11) is 0. The summed E-state index contributed by atoms with van der Waals surface area (Å²) < 4.78 is 24.6. The highest BCUT2D eigenvalue weighted by molar-refractivity contribution is 6.29. The Morgan fingerprint density at radius 2 is 1.43 bits per heavy atom. The Labute approximate surface area is 329 Å². The highest BCUT2D eigenvalue weighted by Crippen LogP contribution is 2.48. The van der Waals surface area contributed by atoms with Gasteiger partial charge in [-0.3, -0.25) is 9.78 Å². The lowest BCUT2D eigenvalue weighted by Gasteiger charge is -2.47. The van der Waals surface area contributed by atoms with E-state index >= 15 is 4.39 Å². The Morgan fingerprint density at radius 1 is 0.821 bits per heavy atom. The maximum absolute atomic E-state index is 17.0. The van der Waals surface area contributed by atoms with E-state index in [4.69, 9.17) is 36.3 Å². The zero-order chi connectivity index (χ0) is 38.2. The van der Waals surface area contributed by atoms with Crippen molar-refractivity contribution in [3.05, 3.63) is 155 Å². The van der Waals surface area contributed by atoms with E-state index in [1.807, 2.05) is 67.7 Å². The first-order chi connectivity index (χ1) is 27.5. The molecule has 280 valence electrons. The number of ether oxygens (including phenoxy) is 1. The average Bonchev–Trinajstić information content (AvgIpc) is 3.62. The summed E-state index contributed by atoms with van der Waals surface area (Å²) in [6.07, 6.45) is 8.83. The zero-order valence-corrected chi connectivity index (χ0v) is 31.5. The molecular weight excluding hydrogens is 725 g/mol. The fourth-order valence-corrected chi connectivity index (χ4v) is 9.21. The molecule has 4 heterocycles. The van der Waals surface area contributed by atoms with Crippen LogP contribution in [-0.2, 0) is 15.1 Å². The van der Waals surface area contributed by atoms with Crippen LogP contribution < -0.4 is 5.32 Å². The standard InChI is InChI=1S/C45H39ClFN7O2/c1-2-56-44(55)36-28-21-23-29(24-22-28)38(36)51-42-37(47)40(34-20-12-13-25-48-34)52-41(53-42)33-27-54(43-39(33)50-35(46)26-49-43)45(30-14-6-3-7-15-30,31-16-8-4-9-17-31)32-18-10-5-11-19-32/h3-20,25-29,36,38H,2,21-24H2,1H3,(H,51,52,53)/t28?,29?,36-,38-/m1/s1. The number of rotatable bonds is 10. The number of anilines is 1. The predicted octanol–water partition coefficient (Wildman–Crippen LogP) is 9.36. The maximum Gasteiger partial charge on any atom is 0.311 e. The van der Waals surface area contributed by atoms with E-state index in [2.05, 4.69) is 51.3 Å². The summed E-state index contributed by atoms with van der Waals surface area (Å²) in [5.74, 6) is -0.851. The average molecular weight is 764 g/mol. The molecule has 3 aromatic carbocycles. The summed E-state index contributed by atoms with van der Waals surface area (Å²) >= 11 is 6.62. The molecule has 4 aromatic heterocycles. The van der Waals surface area contributed by atoms with Crippen molar-refractivity contribution in [2.24, 2.45) is 17.8 Å². The molecule has 1 N–H and O–H groups in total. The van der Waals surface area contributed by atoms with E-state index < -0.39 is 17.3 Å². The van der Waals surface area contributed by atoms with E-state index in [9.17, 15) is 4.79 Å². The molecule has 0 saturated heterocycles. The Bertz CT molecular complexity index is 2400. The molecule has 2 atom stereocenters. The Hall–Kier alpha value is -6.00. The van der Waals surface area contributed by atoms with Gasteiger partial charge in [-0.1, -0.05) is 109 Å². The van der Waals surface area contributed by atoms with Gasteiger partial charge in [0.2, 0.25) is 0 Å². The minimum Gasteiger partial charge on any atom is -0.466 e. The molecule has 3 aliphatic carbocycles. The van der Waals surface area contributed by atoms with Gasteiger partial charge >= 0.3 is 5.97 Å². The van der Waals surface area contributed by atoms with Crippen molar-refractivity contribution in [2.45, 2.75) is 44.2 Å². The number of carbonyl (C=O) groups excluding carboxylic acids is 1. The first-order valence-electron chi connectivity index (χ1n) is 19.1. The molecule has 0 unspecified atom stereocenters. The topological polar surface area (TPSA) is 108 Å². The van der Waals surface area contributed by atoms with Crippen LogP contribution in [0.2, 0.25) is 5.15 Å². The van der Waals surface area contributed by atoms with E-state index in [1.165, 1.54) is 6.20 Å². The number of halogens is 2. The smallest absolute Gasteiger partial charge is 0.311 e. The predicted molar refractivity (Wildman–Crippen MR) is 214 cm³/mol. The summed E-state index contributed by atoms with van der Waals surface area (Å²) in [5, 5.41) is 3.62. The highest BCUT2D eigenvalue weighted by atomic mass is 35.5. The molecule has 0 amide bonds. The van der Waals surface area contributed by atoms with Gasteiger partial charge in [0.25, 0.3) is 0 Å². The second-order valence-corrected chi connectivity index (χ2v) is 14.9. The van der Waals surface area contributed by atoms with Crippen LogP contribution >= 0.6 is 11.6 Å². The van der Waals surface area contributed by atoms with Crippen LogP contribution in [-0.4, -0.2) is 48.1 Å². The molecule has 2 bridgehead atoms. The number of aromatic nitrogens is 6. The van der Waals surface area contributed by atoms with E-state index in [0.29, 0.717) is 22.4 Å². The summed E-state index contributed by atoms with van der Waals surface area (Å²) in [6, 6.07) is 35.6. The van der Waals surface area contributed by atoms with Crippen molar-refractivity contribution in [1.29, 1.82) is 0 Å². The Kier molecular flexibility index (Phi) is 9.51. The minimum absolute atomic E-state index is 0.0150. The number of benzene rings is 3. The third-order valence-corrected chi connectivity index (χ3v) is 11.7. The largest absolute Gasteiger partial charge is 0.466 e. The second kappa shape index (κ2) is 14.9. The third-order valence-electron chi connectivity index (χ3n) is 11.5. The molecule has 10 rings (SSSR count). The number of pyridine rings is 1. The van der Waals surface area contributed by atoms with Gasteiger partial charge in [-0.05, 0) is 73.3 Å². The molecule has 3 aliphatic rings. The molecule has 3 fully saturated rings. The van der Waals surface area contributed by atoms with Gasteiger partial charge in [-0.15, -0.1) is 0 Å². The summed E-state index contributed by atoms with van der Waals surface area (Å²) in [6.45, 7) is 2.09. The van der Waals surface area contributed by atoms with Gasteiger partial charge in [0.15, 0.2) is 23.1 Å². The monoisotopic (exact) mass is 763 g/mol. The Morgan fingerprint density at radius 3 is 2.02 bits per heavy atom. The molecule has 9 nitrogen and oxygen atoms in total. The van der Waals surface area contributed by atoms with Crippen LogP contribution in [0.3, 0.4) is 0 Å². The van der Waals surface area contributed by atoms with Crippen LogP contribution in [0.15, 0.2) is 128 Å². The van der Waals surface area contributed by atoms with Crippen LogP contribution in [0.5, 0.6) is 0 Å². The van der Waals surface area contributed by atoms with Crippen LogP contribution in [0, 0.1) is 23.6 Å². The zero-order valence-electron chi connectivity index (χ0n) is 30.7. The van der Waals surface area contributed by atoms with Gasteiger partial charge in [-0.2, -0.15) is 0 Å². The fourth-order valence-electron chi connectivity index (χ4n) is 9.07. The maximum atomic E-state index is 17.0. The lowest BCUT2D eigenvalue weighted by Crippen LogP contribution is -2.52. The molecule has 0 radical (unpaired) electrons. The second-order valence-electron chi connectivity index (χ2n) is 14.5.